The highest BCUT2D eigenvalue weighted by molar-refractivity contribution is 5.79. The molecule has 0 radical (unpaired) electrons. The minimum atomic E-state index is -1.42. The maximum absolute atomic E-state index is 12.2. The number of alkyl carbamates (subject to hydrolysis) is 1. The predicted molar refractivity (Wildman–Crippen MR) is 99.7 cm³/mol. The van der Waals surface area contributed by atoms with Gasteiger partial charge in [0, 0.05) is 5.92 Å². The molecule has 7 nitrogen and oxygen atoms in total. The summed E-state index contributed by atoms with van der Waals surface area (Å²) >= 11 is 0. The van der Waals surface area contributed by atoms with Crippen LogP contribution in [0.1, 0.15) is 23.5 Å². The van der Waals surface area contributed by atoms with Crippen LogP contribution < -0.4 is 5.32 Å². The number of carbonyl (C=O) groups excluding carboxylic acids is 1. The van der Waals surface area contributed by atoms with E-state index in [1.54, 1.807) is 0 Å². The molecule has 146 valence electrons. The number of carboxylic acid groups (broad SMARTS) is 1. The zero-order valence-electron chi connectivity index (χ0n) is 15.0. The Bertz CT molecular complexity index is 868. The number of hydrogen-bond acceptors (Lipinski definition) is 5. The summed E-state index contributed by atoms with van der Waals surface area (Å²) in [7, 11) is 0. The molecular weight excluding hydrogens is 362 g/mol. The monoisotopic (exact) mass is 383 g/mol. The summed E-state index contributed by atoms with van der Waals surface area (Å²) in [6, 6.07) is 15.1. The summed E-state index contributed by atoms with van der Waals surface area (Å²) in [4.78, 5) is 23.3. The van der Waals surface area contributed by atoms with Gasteiger partial charge in [0.05, 0.1) is 18.1 Å². The molecule has 2 aromatic rings. The Morgan fingerprint density at radius 3 is 2.07 bits per heavy atom. The van der Waals surface area contributed by atoms with Crippen molar-refractivity contribution in [1.82, 2.24) is 5.32 Å². The lowest BCUT2D eigenvalue weighted by Crippen LogP contribution is -2.43. The van der Waals surface area contributed by atoms with E-state index < -0.39 is 36.2 Å². The first-order chi connectivity index (χ1) is 13.5. The molecule has 4 N–H and O–H groups in total. The Kier molecular flexibility index (Phi) is 4.78. The van der Waals surface area contributed by atoms with Gasteiger partial charge in [-0.3, -0.25) is 4.79 Å². The van der Waals surface area contributed by atoms with Crippen molar-refractivity contribution in [3.05, 3.63) is 59.7 Å². The summed E-state index contributed by atoms with van der Waals surface area (Å²) in [6.07, 6.45) is -3.57. The van der Waals surface area contributed by atoms with E-state index in [-0.39, 0.29) is 18.9 Å². The number of amides is 1. The molecule has 0 aliphatic heterocycles. The third-order valence-electron chi connectivity index (χ3n) is 5.65. The highest BCUT2D eigenvalue weighted by Crippen LogP contribution is 2.44. The Morgan fingerprint density at radius 1 is 0.964 bits per heavy atom. The quantitative estimate of drug-likeness (QED) is 0.639. The largest absolute Gasteiger partial charge is 0.481 e. The number of hydrogen-bond donors (Lipinski definition) is 4. The average molecular weight is 383 g/mol. The smallest absolute Gasteiger partial charge is 0.407 e. The zero-order valence-corrected chi connectivity index (χ0v) is 15.0. The second kappa shape index (κ2) is 7.26. The third-order valence-corrected chi connectivity index (χ3v) is 5.65. The summed E-state index contributed by atoms with van der Waals surface area (Å²) in [5.74, 6) is -2.42. The van der Waals surface area contributed by atoms with Crippen LogP contribution in [0, 0.1) is 5.92 Å². The van der Waals surface area contributed by atoms with Gasteiger partial charge in [0.25, 0.3) is 0 Å². The van der Waals surface area contributed by atoms with Crippen molar-refractivity contribution in [2.75, 3.05) is 6.61 Å². The maximum atomic E-state index is 12.2. The van der Waals surface area contributed by atoms with Gasteiger partial charge in [-0.1, -0.05) is 48.5 Å². The number of benzene rings is 2. The topological polar surface area (TPSA) is 116 Å². The molecular formula is C21H21NO6. The Labute approximate surface area is 161 Å². The van der Waals surface area contributed by atoms with E-state index >= 15 is 0 Å². The van der Waals surface area contributed by atoms with Crippen LogP contribution in [0.3, 0.4) is 0 Å². The molecule has 0 saturated heterocycles. The fourth-order valence-electron chi connectivity index (χ4n) is 4.21. The van der Waals surface area contributed by atoms with E-state index in [1.807, 2.05) is 48.5 Å². The Morgan fingerprint density at radius 2 is 1.54 bits per heavy atom. The molecule has 2 aliphatic carbocycles. The van der Waals surface area contributed by atoms with Crippen molar-refractivity contribution in [3.63, 3.8) is 0 Å². The summed E-state index contributed by atoms with van der Waals surface area (Å²) < 4.78 is 5.39. The fourth-order valence-corrected chi connectivity index (χ4v) is 4.21. The van der Waals surface area contributed by atoms with Gasteiger partial charge in [-0.2, -0.15) is 0 Å². The molecule has 1 fully saturated rings. The number of nitrogens with one attached hydrogen (secondary N) is 1. The standard InChI is InChI=1S/C21H21NO6/c23-18-15(20(25)26)9-17(19(18)24)22-21(27)28-10-16-13-7-3-1-5-11(13)12-6-2-4-8-14(12)16/h1-8,15-19,23-24H,9-10H2,(H,22,27)(H,25,26)/t15-,17+,18+,19-/m1/s1. The number of ether oxygens (including phenoxy) is 1. The molecule has 2 aliphatic rings. The van der Waals surface area contributed by atoms with E-state index in [9.17, 15) is 19.8 Å². The van der Waals surface area contributed by atoms with E-state index in [2.05, 4.69) is 5.32 Å². The maximum Gasteiger partial charge on any atom is 0.407 e. The van der Waals surface area contributed by atoms with Gasteiger partial charge < -0.3 is 25.4 Å². The van der Waals surface area contributed by atoms with Gasteiger partial charge in [0.15, 0.2) is 0 Å². The molecule has 1 saturated carbocycles. The summed E-state index contributed by atoms with van der Waals surface area (Å²) in [6.45, 7) is 0.119. The number of fused-ring (bicyclic) bond motifs is 3. The van der Waals surface area contributed by atoms with Crippen molar-refractivity contribution < 1.29 is 29.6 Å². The summed E-state index contributed by atoms with van der Waals surface area (Å²) in [5.41, 5.74) is 4.40. The lowest BCUT2D eigenvalue weighted by molar-refractivity contribution is -0.145. The first kappa shape index (κ1) is 18.5. The lowest BCUT2D eigenvalue weighted by atomic mass is 9.98. The van der Waals surface area contributed by atoms with Crippen LogP contribution in [-0.4, -0.2) is 52.2 Å². The number of aliphatic hydroxyl groups is 2. The number of carbonyl (C=O) groups is 2. The zero-order chi connectivity index (χ0) is 19.8. The fraction of sp³-hybridized carbons (Fsp3) is 0.333. The highest BCUT2D eigenvalue weighted by atomic mass is 16.5. The molecule has 2 aromatic carbocycles. The van der Waals surface area contributed by atoms with Gasteiger partial charge in [-0.25, -0.2) is 4.79 Å². The molecule has 0 heterocycles. The van der Waals surface area contributed by atoms with Crippen molar-refractivity contribution in [2.45, 2.75) is 30.6 Å². The van der Waals surface area contributed by atoms with Crippen molar-refractivity contribution in [1.29, 1.82) is 0 Å². The molecule has 7 heteroatoms. The minimum Gasteiger partial charge on any atom is -0.481 e. The van der Waals surface area contributed by atoms with Crippen LogP contribution in [0.5, 0.6) is 0 Å². The van der Waals surface area contributed by atoms with Crippen LogP contribution in [0.4, 0.5) is 4.79 Å². The van der Waals surface area contributed by atoms with Crippen molar-refractivity contribution in [2.24, 2.45) is 5.92 Å². The van der Waals surface area contributed by atoms with Gasteiger partial charge in [0.1, 0.15) is 12.7 Å². The van der Waals surface area contributed by atoms with Crippen LogP contribution in [0.2, 0.25) is 0 Å². The highest BCUT2D eigenvalue weighted by Gasteiger charge is 2.46. The molecule has 0 aromatic heterocycles. The van der Waals surface area contributed by atoms with E-state index in [4.69, 9.17) is 9.84 Å². The Hall–Kier alpha value is -2.90. The van der Waals surface area contributed by atoms with Gasteiger partial charge in [0.2, 0.25) is 0 Å². The molecule has 1 amide bonds. The first-order valence-corrected chi connectivity index (χ1v) is 9.18. The molecule has 0 bridgehead atoms. The van der Waals surface area contributed by atoms with Crippen LogP contribution in [0.15, 0.2) is 48.5 Å². The van der Waals surface area contributed by atoms with Crippen LogP contribution in [0.25, 0.3) is 11.1 Å². The molecule has 0 spiro atoms. The van der Waals surface area contributed by atoms with Gasteiger partial charge in [-0.15, -0.1) is 0 Å². The number of aliphatic hydroxyl groups excluding tert-OH is 2. The van der Waals surface area contributed by atoms with Crippen LogP contribution in [-0.2, 0) is 9.53 Å². The number of aliphatic carboxylic acids is 1. The van der Waals surface area contributed by atoms with E-state index in [0.29, 0.717) is 0 Å². The number of carboxylic acids is 1. The number of rotatable bonds is 4. The van der Waals surface area contributed by atoms with Gasteiger partial charge >= 0.3 is 12.1 Å². The van der Waals surface area contributed by atoms with Crippen LogP contribution >= 0.6 is 0 Å². The second-order valence-electron chi connectivity index (χ2n) is 7.24. The van der Waals surface area contributed by atoms with E-state index in [0.717, 1.165) is 22.3 Å². The van der Waals surface area contributed by atoms with Crippen molar-refractivity contribution in [3.8, 4) is 11.1 Å². The van der Waals surface area contributed by atoms with E-state index in [1.165, 1.54) is 0 Å². The van der Waals surface area contributed by atoms with Gasteiger partial charge in [-0.05, 0) is 28.7 Å². The molecule has 28 heavy (non-hydrogen) atoms. The van der Waals surface area contributed by atoms with Crippen molar-refractivity contribution >= 4 is 12.1 Å². The molecule has 4 rings (SSSR count). The lowest BCUT2D eigenvalue weighted by Gasteiger charge is -2.19. The normalized spacial score (nSPS) is 25.8. The predicted octanol–water partition coefficient (Wildman–Crippen LogP) is 1.72. The Balaban J connectivity index is 1.43. The second-order valence-corrected chi connectivity index (χ2v) is 7.24. The SMILES string of the molecule is O=C(N[C@H]1C[C@@H](C(=O)O)[C@H](O)[C@@H]1O)OCC1c2ccccc2-c2ccccc21. The molecule has 4 atom stereocenters. The third kappa shape index (κ3) is 3.12. The molecule has 0 unspecified atom stereocenters. The minimum absolute atomic E-state index is 0.0537. The average Bonchev–Trinajstić information content (AvgIpc) is 3.16. The summed E-state index contributed by atoms with van der Waals surface area (Å²) in [5, 5.41) is 31.3. The first-order valence-electron chi connectivity index (χ1n) is 9.18.